The van der Waals surface area contributed by atoms with Crippen LogP contribution < -0.4 is 10.6 Å². The van der Waals surface area contributed by atoms with Crippen molar-refractivity contribution < 1.29 is 4.79 Å². The van der Waals surface area contributed by atoms with Crippen molar-refractivity contribution in [3.63, 3.8) is 0 Å². The molecule has 98 valence electrons. The molecule has 0 aromatic heterocycles. The van der Waals surface area contributed by atoms with Gasteiger partial charge in [0.15, 0.2) is 0 Å². The zero-order valence-electron chi connectivity index (χ0n) is 11.0. The van der Waals surface area contributed by atoms with Gasteiger partial charge in [0.05, 0.1) is 0 Å². The van der Waals surface area contributed by atoms with Crippen molar-refractivity contribution in [2.75, 3.05) is 6.54 Å². The van der Waals surface area contributed by atoms with E-state index in [0.717, 1.165) is 18.9 Å². The van der Waals surface area contributed by atoms with Gasteiger partial charge in [0.2, 0.25) is 5.91 Å². The van der Waals surface area contributed by atoms with Gasteiger partial charge in [-0.25, -0.2) is 0 Å². The minimum Gasteiger partial charge on any atom is -0.353 e. The van der Waals surface area contributed by atoms with Crippen LogP contribution in [-0.4, -0.2) is 24.5 Å². The van der Waals surface area contributed by atoms with E-state index in [2.05, 4.69) is 17.6 Å². The molecule has 0 radical (unpaired) electrons. The first-order chi connectivity index (χ1) is 8.24. The Labute approximate surface area is 105 Å². The van der Waals surface area contributed by atoms with E-state index in [9.17, 15) is 4.79 Å². The normalized spacial score (nSPS) is 33.6. The van der Waals surface area contributed by atoms with Crippen LogP contribution >= 0.6 is 0 Å². The third-order valence-electron chi connectivity index (χ3n) is 4.19. The van der Waals surface area contributed by atoms with Crippen LogP contribution in [0.5, 0.6) is 0 Å². The van der Waals surface area contributed by atoms with Crippen LogP contribution in [-0.2, 0) is 4.79 Å². The Kier molecular flexibility index (Phi) is 4.84. The Morgan fingerprint density at radius 1 is 1.29 bits per heavy atom. The van der Waals surface area contributed by atoms with E-state index in [1.165, 1.54) is 38.5 Å². The lowest BCUT2D eigenvalue weighted by Gasteiger charge is -2.23. The van der Waals surface area contributed by atoms with E-state index >= 15 is 0 Å². The summed E-state index contributed by atoms with van der Waals surface area (Å²) in [5.74, 6) is 1.05. The number of carbonyl (C=O) groups is 1. The molecule has 1 aliphatic heterocycles. The molecular weight excluding hydrogens is 212 g/mol. The molecule has 0 aromatic rings. The van der Waals surface area contributed by atoms with Gasteiger partial charge in [-0.3, -0.25) is 4.79 Å². The number of hydrogen-bond donors (Lipinski definition) is 2. The molecule has 2 N–H and O–H groups in total. The number of amides is 1. The quantitative estimate of drug-likeness (QED) is 0.788. The minimum absolute atomic E-state index is 0.261. The largest absolute Gasteiger partial charge is 0.353 e. The molecule has 1 amide bonds. The van der Waals surface area contributed by atoms with E-state index in [4.69, 9.17) is 0 Å². The topological polar surface area (TPSA) is 41.1 Å². The summed E-state index contributed by atoms with van der Waals surface area (Å²) in [6.07, 6.45) is 9.18. The molecule has 2 aliphatic rings. The van der Waals surface area contributed by atoms with Crippen molar-refractivity contribution >= 4 is 5.91 Å². The van der Waals surface area contributed by atoms with Crippen molar-refractivity contribution in [2.45, 2.75) is 70.4 Å². The summed E-state index contributed by atoms with van der Waals surface area (Å²) in [6.45, 7) is 3.41. The van der Waals surface area contributed by atoms with E-state index in [-0.39, 0.29) is 5.91 Å². The number of carbonyl (C=O) groups excluding carboxylic acids is 1. The molecule has 3 atom stereocenters. The van der Waals surface area contributed by atoms with Gasteiger partial charge in [0, 0.05) is 18.5 Å². The molecule has 17 heavy (non-hydrogen) atoms. The third kappa shape index (κ3) is 4.30. The summed E-state index contributed by atoms with van der Waals surface area (Å²) in [6, 6.07) is 1.04. The second kappa shape index (κ2) is 6.39. The highest BCUT2D eigenvalue weighted by atomic mass is 16.1. The van der Waals surface area contributed by atoms with Crippen LogP contribution in [0.1, 0.15) is 58.3 Å². The predicted octanol–water partition coefficient (Wildman–Crippen LogP) is 2.21. The number of nitrogens with one attached hydrogen (secondary N) is 2. The minimum atomic E-state index is 0.261. The summed E-state index contributed by atoms with van der Waals surface area (Å²) < 4.78 is 0. The predicted molar refractivity (Wildman–Crippen MR) is 69.8 cm³/mol. The molecule has 3 nitrogen and oxygen atoms in total. The van der Waals surface area contributed by atoms with Gasteiger partial charge in [-0.2, -0.15) is 0 Å². The van der Waals surface area contributed by atoms with Gasteiger partial charge >= 0.3 is 0 Å². The van der Waals surface area contributed by atoms with Gasteiger partial charge in [-0.05, 0) is 51.0 Å². The summed E-state index contributed by atoms with van der Waals surface area (Å²) >= 11 is 0. The lowest BCUT2D eigenvalue weighted by atomic mass is 10.0. The SMILES string of the molecule is CC1CCC(NC(=O)CCC2CCCCN2)C1. The summed E-state index contributed by atoms with van der Waals surface area (Å²) in [5.41, 5.74) is 0. The van der Waals surface area contributed by atoms with Crippen LogP contribution in [0.25, 0.3) is 0 Å². The van der Waals surface area contributed by atoms with Crippen molar-refractivity contribution in [3.05, 3.63) is 0 Å². The van der Waals surface area contributed by atoms with E-state index < -0.39 is 0 Å². The van der Waals surface area contributed by atoms with E-state index in [0.29, 0.717) is 18.5 Å². The zero-order chi connectivity index (χ0) is 12.1. The molecule has 2 rings (SSSR count). The molecule has 1 saturated carbocycles. The first kappa shape index (κ1) is 12.9. The molecule has 1 saturated heterocycles. The van der Waals surface area contributed by atoms with E-state index in [1.807, 2.05) is 0 Å². The molecule has 3 heteroatoms. The Balaban J connectivity index is 1.60. The fraction of sp³-hybridized carbons (Fsp3) is 0.929. The van der Waals surface area contributed by atoms with Crippen LogP contribution in [0.2, 0.25) is 0 Å². The fourth-order valence-corrected chi connectivity index (χ4v) is 3.11. The average molecular weight is 238 g/mol. The lowest BCUT2D eigenvalue weighted by molar-refractivity contribution is -0.122. The fourth-order valence-electron chi connectivity index (χ4n) is 3.11. The first-order valence-corrected chi connectivity index (χ1v) is 7.27. The molecule has 1 heterocycles. The smallest absolute Gasteiger partial charge is 0.220 e. The van der Waals surface area contributed by atoms with Crippen molar-refractivity contribution in [1.82, 2.24) is 10.6 Å². The van der Waals surface area contributed by atoms with E-state index in [1.54, 1.807) is 0 Å². The molecule has 0 spiro atoms. The highest BCUT2D eigenvalue weighted by Gasteiger charge is 2.23. The monoisotopic (exact) mass is 238 g/mol. The maximum Gasteiger partial charge on any atom is 0.220 e. The van der Waals surface area contributed by atoms with Gasteiger partial charge in [-0.1, -0.05) is 13.3 Å². The lowest BCUT2D eigenvalue weighted by Crippen LogP contribution is -2.37. The molecule has 2 fully saturated rings. The number of hydrogen-bond acceptors (Lipinski definition) is 2. The molecule has 1 aliphatic carbocycles. The summed E-state index contributed by atoms with van der Waals surface area (Å²) in [4.78, 5) is 11.8. The van der Waals surface area contributed by atoms with Gasteiger partial charge in [0.1, 0.15) is 0 Å². The Bertz CT molecular complexity index is 249. The Morgan fingerprint density at radius 3 is 2.82 bits per heavy atom. The third-order valence-corrected chi connectivity index (χ3v) is 4.19. The maximum absolute atomic E-state index is 11.8. The number of rotatable bonds is 4. The summed E-state index contributed by atoms with van der Waals surface area (Å²) in [5, 5.41) is 6.68. The molecule has 0 bridgehead atoms. The van der Waals surface area contributed by atoms with Crippen molar-refractivity contribution in [1.29, 1.82) is 0 Å². The summed E-state index contributed by atoms with van der Waals surface area (Å²) in [7, 11) is 0. The van der Waals surface area contributed by atoms with Gasteiger partial charge in [0.25, 0.3) is 0 Å². The van der Waals surface area contributed by atoms with Crippen LogP contribution in [0.3, 0.4) is 0 Å². The van der Waals surface area contributed by atoms with Crippen LogP contribution in [0.4, 0.5) is 0 Å². The Hall–Kier alpha value is -0.570. The van der Waals surface area contributed by atoms with Crippen molar-refractivity contribution in [3.8, 4) is 0 Å². The molecule has 3 unspecified atom stereocenters. The number of piperidine rings is 1. The van der Waals surface area contributed by atoms with Crippen molar-refractivity contribution in [2.24, 2.45) is 5.92 Å². The van der Waals surface area contributed by atoms with Crippen LogP contribution in [0, 0.1) is 5.92 Å². The standard InChI is InChI=1S/C14H26N2O/c1-11-5-6-13(10-11)16-14(17)8-7-12-4-2-3-9-15-12/h11-13,15H,2-10H2,1H3,(H,16,17). The first-order valence-electron chi connectivity index (χ1n) is 7.27. The second-order valence-corrected chi connectivity index (χ2v) is 5.87. The average Bonchev–Trinajstić information content (AvgIpc) is 2.73. The maximum atomic E-state index is 11.8. The van der Waals surface area contributed by atoms with Crippen LogP contribution in [0.15, 0.2) is 0 Å². The second-order valence-electron chi connectivity index (χ2n) is 5.87. The van der Waals surface area contributed by atoms with Gasteiger partial charge < -0.3 is 10.6 Å². The highest BCUT2D eigenvalue weighted by molar-refractivity contribution is 5.76. The highest BCUT2D eigenvalue weighted by Crippen LogP contribution is 2.24. The Morgan fingerprint density at radius 2 is 2.18 bits per heavy atom. The zero-order valence-corrected chi connectivity index (χ0v) is 11.0. The molecule has 0 aromatic carbocycles. The molecular formula is C14H26N2O. The van der Waals surface area contributed by atoms with Gasteiger partial charge in [-0.15, -0.1) is 0 Å².